The largest absolute Gasteiger partial charge is 0.466 e. The second kappa shape index (κ2) is 58.2. The Morgan fingerprint density at radius 1 is 0.397 bits per heavy atom. The smallest absolute Gasteiger partial charge is 0.305 e. The van der Waals surface area contributed by atoms with E-state index in [1.807, 2.05) is 6.08 Å². The first-order chi connectivity index (χ1) is 33.5. The fourth-order valence-corrected chi connectivity index (χ4v) is 9.81. The summed E-state index contributed by atoms with van der Waals surface area (Å²) in [7, 11) is 0. The molecule has 0 fully saturated rings. The molecule has 0 aliphatic carbocycles. The van der Waals surface area contributed by atoms with Gasteiger partial charge in [0.05, 0.1) is 25.4 Å². The number of amides is 1. The molecular formula is C62H121NO5. The average molecular weight is 961 g/mol. The van der Waals surface area contributed by atoms with Crippen LogP contribution in [0.2, 0.25) is 0 Å². The SMILES string of the molecule is CCCCCCCCCCCCCCCCCCC/C=C/C(O)C(CO)NC(=O)CCCCCCCCCCCCCCCCOC(=O)CCCCCCCCCCCCCCCCCCCC. The van der Waals surface area contributed by atoms with Crippen LogP contribution >= 0.6 is 0 Å². The van der Waals surface area contributed by atoms with E-state index in [-0.39, 0.29) is 18.5 Å². The predicted molar refractivity (Wildman–Crippen MR) is 297 cm³/mol. The highest BCUT2D eigenvalue weighted by atomic mass is 16.5. The molecule has 0 rings (SSSR count). The Morgan fingerprint density at radius 2 is 0.676 bits per heavy atom. The predicted octanol–water partition coefficient (Wildman–Crippen LogP) is 19.2. The van der Waals surface area contributed by atoms with Crippen molar-refractivity contribution in [1.29, 1.82) is 0 Å². The average Bonchev–Trinajstić information content (AvgIpc) is 3.34. The molecule has 2 atom stereocenters. The number of carbonyl (C=O) groups is 2. The molecule has 0 aliphatic heterocycles. The summed E-state index contributed by atoms with van der Waals surface area (Å²) in [5, 5.41) is 23.2. The van der Waals surface area contributed by atoms with E-state index in [0.717, 1.165) is 57.8 Å². The van der Waals surface area contributed by atoms with Crippen molar-refractivity contribution in [2.75, 3.05) is 13.2 Å². The third-order valence-corrected chi connectivity index (χ3v) is 14.6. The zero-order valence-electron chi connectivity index (χ0n) is 46.1. The number of nitrogens with one attached hydrogen (secondary N) is 1. The van der Waals surface area contributed by atoms with Crippen molar-refractivity contribution in [3.8, 4) is 0 Å². The Kier molecular flexibility index (Phi) is 57.0. The van der Waals surface area contributed by atoms with Gasteiger partial charge < -0.3 is 20.3 Å². The Balaban J connectivity index is 3.44. The third kappa shape index (κ3) is 53.9. The standard InChI is InChI=1S/C62H121NO5/c1-3-5-7-9-11-13-15-17-19-21-23-24-26-30-34-38-42-46-50-54-60(65)59(58-64)63-61(66)55-51-47-43-39-35-31-28-29-33-37-41-45-49-53-57-68-62(67)56-52-48-44-40-36-32-27-25-22-20-18-16-14-12-10-8-6-4-2/h50,54,59-60,64-65H,3-49,51-53,55-58H2,1-2H3,(H,63,66)/b54-50+. The number of hydrogen-bond acceptors (Lipinski definition) is 5. The summed E-state index contributed by atoms with van der Waals surface area (Å²) in [5.74, 6) is -0.0728. The molecule has 0 heterocycles. The normalized spacial score (nSPS) is 12.6. The number of unbranched alkanes of at least 4 members (excludes halogenated alkanes) is 47. The first kappa shape index (κ1) is 66.6. The Hall–Kier alpha value is -1.40. The van der Waals surface area contributed by atoms with Crippen LogP contribution < -0.4 is 5.32 Å². The number of hydrogen-bond donors (Lipinski definition) is 3. The molecule has 0 bridgehead atoms. The molecule has 0 aromatic heterocycles. The lowest BCUT2D eigenvalue weighted by Crippen LogP contribution is -2.45. The van der Waals surface area contributed by atoms with Crippen molar-refractivity contribution in [3.05, 3.63) is 12.2 Å². The molecule has 0 aromatic rings. The maximum absolute atomic E-state index is 12.5. The molecule has 404 valence electrons. The first-order valence-corrected chi connectivity index (χ1v) is 31.0. The molecule has 0 saturated carbocycles. The second-order valence-corrected chi connectivity index (χ2v) is 21.4. The summed E-state index contributed by atoms with van der Waals surface area (Å²) in [4.78, 5) is 24.6. The quantitative estimate of drug-likeness (QED) is 0.0321. The number of esters is 1. The topological polar surface area (TPSA) is 95.9 Å². The molecule has 6 heteroatoms. The molecule has 2 unspecified atom stereocenters. The molecule has 0 saturated heterocycles. The lowest BCUT2D eigenvalue weighted by Gasteiger charge is -2.20. The maximum Gasteiger partial charge on any atom is 0.305 e. The van der Waals surface area contributed by atoms with Crippen LogP contribution in [0.5, 0.6) is 0 Å². The molecule has 6 nitrogen and oxygen atoms in total. The van der Waals surface area contributed by atoms with Crippen molar-refractivity contribution in [2.24, 2.45) is 0 Å². The summed E-state index contributed by atoms with van der Waals surface area (Å²) in [6, 6.07) is -0.635. The summed E-state index contributed by atoms with van der Waals surface area (Å²) in [5.41, 5.74) is 0. The Labute approximate surface area is 425 Å². The summed E-state index contributed by atoms with van der Waals surface area (Å²) >= 11 is 0. The van der Waals surface area contributed by atoms with Gasteiger partial charge in [0.2, 0.25) is 5.91 Å². The van der Waals surface area contributed by atoms with Gasteiger partial charge >= 0.3 is 5.97 Å². The Bertz CT molecular complexity index is 1020. The highest BCUT2D eigenvalue weighted by Crippen LogP contribution is 2.18. The minimum absolute atomic E-state index is 0.00190. The van der Waals surface area contributed by atoms with Gasteiger partial charge in [0, 0.05) is 12.8 Å². The van der Waals surface area contributed by atoms with Gasteiger partial charge in [-0.2, -0.15) is 0 Å². The van der Waals surface area contributed by atoms with Crippen molar-refractivity contribution in [3.63, 3.8) is 0 Å². The number of allylic oxidation sites excluding steroid dienone is 1. The van der Waals surface area contributed by atoms with E-state index >= 15 is 0 Å². The van der Waals surface area contributed by atoms with Crippen LogP contribution in [0.3, 0.4) is 0 Å². The highest BCUT2D eigenvalue weighted by molar-refractivity contribution is 5.76. The van der Waals surface area contributed by atoms with Crippen LogP contribution in [0.15, 0.2) is 12.2 Å². The summed E-state index contributed by atoms with van der Waals surface area (Å²) in [6.45, 7) is 4.92. The minimum atomic E-state index is -0.851. The van der Waals surface area contributed by atoms with Crippen LogP contribution in [-0.4, -0.2) is 47.4 Å². The zero-order valence-corrected chi connectivity index (χ0v) is 46.1. The number of rotatable bonds is 58. The van der Waals surface area contributed by atoms with Crippen molar-refractivity contribution in [1.82, 2.24) is 5.32 Å². The second-order valence-electron chi connectivity index (χ2n) is 21.4. The van der Waals surface area contributed by atoms with E-state index in [1.165, 1.54) is 263 Å². The van der Waals surface area contributed by atoms with E-state index in [9.17, 15) is 19.8 Å². The van der Waals surface area contributed by atoms with Crippen LogP contribution in [0.25, 0.3) is 0 Å². The van der Waals surface area contributed by atoms with E-state index in [1.54, 1.807) is 6.08 Å². The lowest BCUT2D eigenvalue weighted by atomic mass is 10.0. The fraction of sp³-hybridized carbons (Fsp3) is 0.935. The van der Waals surface area contributed by atoms with Gasteiger partial charge in [-0.15, -0.1) is 0 Å². The number of carbonyl (C=O) groups excluding carboxylic acids is 2. The summed E-state index contributed by atoms with van der Waals surface area (Å²) in [6.07, 6.45) is 69.5. The fourth-order valence-electron chi connectivity index (χ4n) is 9.81. The van der Waals surface area contributed by atoms with Crippen LogP contribution in [0.1, 0.15) is 348 Å². The van der Waals surface area contributed by atoms with Gasteiger partial charge in [-0.1, -0.05) is 315 Å². The molecule has 0 radical (unpaired) electrons. The third-order valence-electron chi connectivity index (χ3n) is 14.6. The molecule has 68 heavy (non-hydrogen) atoms. The molecule has 0 aliphatic rings. The van der Waals surface area contributed by atoms with E-state index in [0.29, 0.717) is 19.4 Å². The molecule has 0 spiro atoms. The Morgan fingerprint density at radius 3 is 1.00 bits per heavy atom. The van der Waals surface area contributed by atoms with E-state index in [4.69, 9.17) is 4.74 Å². The monoisotopic (exact) mass is 960 g/mol. The van der Waals surface area contributed by atoms with Crippen LogP contribution in [0.4, 0.5) is 0 Å². The molecule has 1 amide bonds. The first-order valence-electron chi connectivity index (χ1n) is 31.0. The maximum atomic E-state index is 12.5. The van der Waals surface area contributed by atoms with Gasteiger partial charge in [0.1, 0.15) is 0 Å². The zero-order chi connectivity index (χ0) is 49.3. The van der Waals surface area contributed by atoms with Gasteiger partial charge in [0.15, 0.2) is 0 Å². The van der Waals surface area contributed by atoms with Gasteiger partial charge in [0.25, 0.3) is 0 Å². The van der Waals surface area contributed by atoms with Gasteiger partial charge in [-0.3, -0.25) is 9.59 Å². The van der Waals surface area contributed by atoms with Gasteiger partial charge in [-0.05, 0) is 32.1 Å². The number of aliphatic hydroxyl groups is 2. The van der Waals surface area contributed by atoms with Crippen LogP contribution in [0, 0.1) is 0 Å². The lowest BCUT2D eigenvalue weighted by molar-refractivity contribution is -0.143. The molecular weight excluding hydrogens is 839 g/mol. The number of ether oxygens (including phenoxy) is 1. The van der Waals surface area contributed by atoms with E-state index < -0.39 is 12.1 Å². The highest BCUT2D eigenvalue weighted by Gasteiger charge is 2.18. The van der Waals surface area contributed by atoms with Gasteiger partial charge in [-0.25, -0.2) is 0 Å². The van der Waals surface area contributed by atoms with Crippen molar-refractivity contribution < 1.29 is 24.5 Å². The molecule has 0 aromatic carbocycles. The van der Waals surface area contributed by atoms with Crippen LogP contribution in [-0.2, 0) is 14.3 Å². The van der Waals surface area contributed by atoms with E-state index in [2.05, 4.69) is 19.2 Å². The molecule has 3 N–H and O–H groups in total. The summed E-state index contributed by atoms with van der Waals surface area (Å²) < 4.78 is 5.49. The van der Waals surface area contributed by atoms with Crippen molar-refractivity contribution in [2.45, 2.75) is 360 Å². The minimum Gasteiger partial charge on any atom is -0.466 e. The number of aliphatic hydroxyl groups excluding tert-OH is 2. The van der Waals surface area contributed by atoms with Crippen molar-refractivity contribution >= 4 is 11.9 Å².